The second-order valence-corrected chi connectivity index (χ2v) is 16.6. The van der Waals surface area contributed by atoms with Crippen molar-refractivity contribution in [2.45, 2.75) is 232 Å². The summed E-state index contributed by atoms with van der Waals surface area (Å²) in [5, 5.41) is 23.7. The number of allylic oxidation sites excluding steroid dienone is 16. The lowest BCUT2D eigenvalue weighted by Gasteiger charge is -2.24. The van der Waals surface area contributed by atoms with E-state index < -0.39 is 18.2 Å². The Morgan fingerprint density at radius 3 is 1.52 bits per heavy atom. The molecule has 0 saturated carbocycles. The molecular weight excluding hydrogens is 755 g/mol. The minimum atomic E-state index is -0.809. The van der Waals surface area contributed by atoms with Crippen LogP contribution in [0.3, 0.4) is 0 Å². The van der Waals surface area contributed by atoms with Crippen molar-refractivity contribution >= 4 is 11.9 Å². The fourth-order valence-corrected chi connectivity index (χ4v) is 6.96. The highest BCUT2D eigenvalue weighted by molar-refractivity contribution is 5.77. The molecule has 0 heterocycles. The topological polar surface area (TPSA) is 95.9 Å². The summed E-state index contributed by atoms with van der Waals surface area (Å²) < 4.78 is 5.90. The van der Waals surface area contributed by atoms with Crippen molar-refractivity contribution in [2.24, 2.45) is 0 Å². The molecule has 0 saturated heterocycles. The number of nitrogens with one attached hydrogen (secondary N) is 1. The monoisotopic (exact) mass is 848 g/mol. The first-order valence-electron chi connectivity index (χ1n) is 25.0. The normalized spacial score (nSPS) is 14.1. The van der Waals surface area contributed by atoms with E-state index in [0.29, 0.717) is 19.3 Å². The van der Waals surface area contributed by atoms with E-state index in [2.05, 4.69) is 105 Å². The molecular formula is C55H93NO5. The number of carbonyl (C=O) groups excluding carboxylic acids is 2. The Hall–Kier alpha value is -3.22. The first-order chi connectivity index (χ1) is 30.0. The number of aliphatic hydroxyl groups excluding tert-OH is 2. The van der Waals surface area contributed by atoms with Crippen LogP contribution >= 0.6 is 0 Å². The summed E-state index contributed by atoms with van der Waals surface area (Å²) in [7, 11) is 0. The minimum absolute atomic E-state index is 0.0329. The van der Waals surface area contributed by atoms with E-state index in [1.165, 1.54) is 64.2 Å². The van der Waals surface area contributed by atoms with E-state index in [0.717, 1.165) is 103 Å². The average molecular weight is 848 g/mol. The van der Waals surface area contributed by atoms with Crippen molar-refractivity contribution in [1.29, 1.82) is 0 Å². The summed E-state index contributed by atoms with van der Waals surface area (Å²) >= 11 is 0. The molecule has 348 valence electrons. The Balaban J connectivity index is 4.77. The summed E-state index contributed by atoms with van der Waals surface area (Å²) in [6.45, 7) is 6.29. The Bertz CT molecular complexity index is 1220. The zero-order valence-electron chi connectivity index (χ0n) is 39.5. The van der Waals surface area contributed by atoms with Crippen LogP contribution in [0, 0.1) is 0 Å². The van der Waals surface area contributed by atoms with E-state index >= 15 is 0 Å². The number of carbonyl (C=O) groups is 2. The number of aliphatic hydroxyl groups is 2. The standard InChI is InChI=1S/C55H93NO5/c1-4-7-10-13-16-19-22-24-26-28-30-32-34-37-40-43-46-51(49-54(59)56-52(50-57)53(58)47-44-41-38-35-21-18-15-12-9-6-3)61-55(60)48-45-42-39-36-33-31-29-27-25-23-20-17-14-11-8-5-2/h8,11,16-17,19-20,22,24-28,30-33,51-53,57-58H,4-7,9-10,12-15,18,21,23,29,34-50H2,1-3H3,(H,56,59)/b11-8+,19-16+,20-17+,24-22+,27-25+,28-26+,32-30+,33-31+. The van der Waals surface area contributed by atoms with Crippen LogP contribution in [0.4, 0.5) is 0 Å². The Kier molecular flexibility index (Phi) is 45.3. The Labute approximate surface area is 376 Å². The number of hydrogen-bond acceptors (Lipinski definition) is 5. The van der Waals surface area contributed by atoms with Gasteiger partial charge in [-0.2, -0.15) is 0 Å². The van der Waals surface area contributed by atoms with Gasteiger partial charge < -0.3 is 20.3 Å². The lowest BCUT2D eigenvalue weighted by Crippen LogP contribution is -2.46. The van der Waals surface area contributed by atoms with Gasteiger partial charge in [0.2, 0.25) is 5.91 Å². The summed E-state index contributed by atoms with van der Waals surface area (Å²) in [4.78, 5) is 26.1. The number of amides is 1. The molecule has 0 aromatic carbocycles. The molecule has 0 aliphatic heterocycles. The summed E-state index contributed by atoms with van der Waals surface area (Å²) in [5.41, 5.74) is 0. The van der Waals surface area contributed by atoms with Crippen LogP contribution in [0.2, 0.25) is 0 Å². The summed E-state index contributed by atoms with van der Waals surface area (Å²) in [6.07, 6.45) is 63.2. The van der Waals surface area contributed by atoms with Crippen molar-refractivity contribution in [2.75, 3.05) is 6.61 Å². The fraction of sp³-hybridized carbons (Fsp3) is 0.673. The Morgan fingerprint density at radius 2 is 0.951 bits per heavy atom. The van der Waals surface area contributed by atoms with Crippen molar-refractivity contribution < 1.29 is 24.5 Å². The van der Waals surface area contributed by atoms with E-state index in [9.17, 15) is 19.8 Å². The van der Waals surface area contributed by atoms with Crippen molar-refractivity contribution in [3.63, 3.8) is 0 Å². The predicted molar refractivity (Wildman–Crippen MR) is 264 cm³/mol. The van der Waals surface area contributed by atoms with Gasteiger partial charge in [0.1, 0.15) is 6.10 Å². The maximum absolute atomic E-state index is 13.2. The third kappa shape index (κ3) is 43.2. The van der Waals surface area contributed by atoms with Gasteiger partial charge in [-0.1, -0.05) is 208 Å². The lowest BCUT2D eigenvalue weighted by atomic mass is 10.0. The molecule has 0 spiro atoms. The molecule has 3 unspecified atom stereocenters. The maximum atomic E-state index is 13.2. The van der Waals surface area contributed by atoms with Crippen LogP contribution < -0.4 is 5.32 Å². The SMILES string of the molecule is CC/C=C/C/C=C/C/C=C/C/C=C/CCCCCC(=O)OC(CCCCC/C=C/C=C/C=C/C=C/CCCCC)CC(=O)NC(CO)C(O)CCCCCCCCCCCC. The largest absolute Gasteiger partial charge is 0.462 e. The number of rotatable bonds is 43. The van der Waals surface area contributed by atoms with Gasteiger partial charge in [0.15, 0.2) is 0 Å². The minimum Gasteiger partial charge on any atom is -0.462 e. The van der Waals surface area contributed by atoms with Crippen LogP contribution in [0.1, 0.15) is 213 Å². The van der Waals surface area contributed by atoms with Crippen molar-refractivity contribution in [3.05, 3.63) is 97.2 Å². The zero-order valence-corrected chi connectivity index (χ0v) is 39.5. The first kappa shape index (κ1) is 57.8. The molecule has 3 N–H and O–H groups in total. The number of esters is 1. The molecule has 0 aromatic rings. The highest BCUT2D eigenvalue weighted by atomic mass is 16.5. The fourth-order valence-electron chi connectivity index (χ4n) is 6.96. The molecule has 0 aliphatic carbocycles. The molecule has 0 bridgehead atoms. The van der Waals surface area contributed by atoms with E-state index in [1.807, 2.05) is 18.2 Å². The molecule has 6 heteroatoms. The van der Waals surface area contributed by atoms with E-state index in [4.69, 9.17) is 4.74 Å². The molecule has 6 nitrogen and oxygen atoms in total. The van der Waals surface area contributed by atoms with Crippen LogP contribution in [0.5, 0.6) is 0 Å². The molecule has 61 heavy (non-hydrogen) atoms. The van der Waals surface area contributed by atoms with E-state index in [-0.39, 0.29) is 24.9 Å². The van der Waals surface area contributed by atoms with Gasteiger partial charge in [-0.15, -0.1) is 0 Å². The highest BCUT2D eigenvalue weighted by Crippen LogP contribution is 2.16. The van der Waals surface area contributed by atoms with Crippen LogP contribution in [0.15, 0.2) is 97.2 Å². The number of ether oxygens (including phenoxy) is 1. The smallest absolute Gasteiger partial charge is 0.306 e. The lowest BCUT2D eigenvalue weighted by molar-refractivity contribution is -0.151. The molecule has 1 amide bonds. The van der Waals surface area contributed by atoms with Crippen LogP contribution in [0.25, 0.3) is 0 Å². The van der Waals surface area contributed by atoms with Gasteiger partial charge in [0.05, 0.1) is 25.2 Å². The van der Waals surface area contributed by atoms with Crippen molar-refractivity contribution in [1.82, 2.24) is 5.32 Å². The molecule has 0 aliphatic rings. The molecule has 3 atom stereocenters. The zero-order chi connectivity index (χ0) is 44.5. The third-order valence-corrected chi connectivity index (χ3v) is 10.7. The summed E-state index contributed by atoms with van der Waals surface area (Å²) in [5.74, 6) is -0.558. The van der Waals surface area contributed by atoms with Gasteiger partial charge >= 0.3 is 5.97 Å². The molecule has 0 aromatic heterocycles. The maximum Gasteiger partial charge on any atom is 0.306 e. The van der Waals surface area contributed by atoms with Gasteiger partial charge in [0.25, 0.3) is 0 Å². The third-order valence-electron chi connectivity index (χ3n) is 10.7. The summed E-state index contributed by atoms with van der Waals surface area (Å²) in [6, 6.07) is -0.726. The van der Waals surface area contributed by atoms with Gasteiger partial charge in [-0.05, 0) is 89.9 Å². The van der Waals surface area contributed by atoms with Gasteiger partial charge in [0, 0.05) is 6.42 Å². The molecule has 0 radical (unpaired) electrons. The van der Waals surface area contributed by atoms with Crippen LogP contribution in [-0.4, -0.2) is 46.9 Å². The highest BCUT2D eigenvalue weighted by Gasteiger charge is 2.24. The van der Waals surface area contributed by atoms with E-state index in [1.54, 1.807) is 0 Å². The van der Waals surface area contributed by atoms with Gasteiger partial charge in [-0.25, -0.2) is 0 Å². The first-order valence-corrected chi connectivity index (χ1v) is 25.0. The second-order valence-electron chi connectivity index (χ2n) is 16.6. The van der Waals surface area contributed by atoms with Crippen molar-refractivity contribution in [3.8, 4) is 0 Å². The quantitative estimate of drug-likeness (QED) is 0.0246. The second kappa shape index (κ2) is 47.8. The number of hydrogen-bond donors (Lipinski definition) is 3. The Morgan fingerprint density at radius 1 is 0.508 bits per heavy atom. The average Bonchev–Trinajstić information content (AvgIpc) is 3.25. The predicted octanol–water partition coefficient (Wildman–Crippen LogP) is 14.9. The van der Waals surface area contributed by atoms with Gasteiger partial charge in [-0.3, -0.25) is 9.59 Å². The number of unbranched alkanes of at least 4 members (excludes halogenated alkanes) is 18. The molecule has 0 fully saturated rings. The van der Waals surface area contributed by atoms with Crippen LogP contribution in [-0.2, 0) is 14.3 Å². The molecule has 0 rings (SSSR count).